The molecular weight excluding hydrogens is 316 g/mol. The molecule has 0 bridgehead atoms. The summed E-state index contributed by atoms with van der Waals surface area (Å²) in [6.07, 6.45) is 0. The van der Waals surface area contributed by atoms with Crippen molar-refractivity contribution in [3.05, 3.63) is 0 Å². The van der Waals surface area contributed by atoms with Crippen LogP contribution in [0.2, 0.25) is 51.4 Å². The van der Waals surface area contributed by atoms with Gasteiger partial charge in [-0.2, -0.15) is 0 Å². The molecule has 2 atom stereocenters. The average Bonchev–Trinajstić information content (AvgIpc) is 2.23. The Morgan fingerprint density at radius 3 is 1.24 bits per heavy atom. The van der Waals surface area contributed by atoms with E-state index in [-0.39, 0.29) is 25.0 Å². The minimum absolute atomic E-state index is 0.219. The van der Waals surface area contributed by atoms with Gasteiger partial charge in [0.1, 0.15) is 0 Å². The quantitative estimate of drug-likeness (QED) is 0.592. The van der Waals surface area contributed by atoms with Crippen LogP contribution in [0, 0.1) is 11.8 Å². The summed E-state index contributed by atoms with van der Waals surface area (Å²) in [5.41, 5.74) is 0. The Bertz CT molecular complexity index is 281. The fourth-order valence-electron chi connectivity index (χ4n) is 3.24. The summed E-state index contributed by atoms with van der Waals surface area (Å²) >= 11 is 0. The van der Waals surface area contributed by atoms with Crippen LogP contribution >= 0.6 is 0 Å². The third-order valence-corrected chi connectivity index (χ3v) is 15.1. The highest BCUT2D eigenvalue weighted by Crippen LogP contribution is 2.28. The lowest BCUT2D eigenvalue weighted by Crippen LogP contribution is -2.53. The molecule has 0 saturated heterocycles. The first-order chi connectivity index (χ1) is 9.32. The highest BCUT2D eigenvalue weighted by atomic mass is 28.5. The molecule has 0 aromatic rings. The maximum Gasteiger partial charge on any atom is 0.311 e. The van der Waals surface area contributed by atoms with Crippen molar-refractivity contribution in [1.29, 1.82) is 0 Å². The summed E-state index contributed by atoms with van der Waals surface area (Å²) in [5.74, 6) is 0.576. The lowest BCUT2D eigenvalue weighted by Gasteiger charge is -2.40. The van der Waals surface area contributed by atoms with Gasteiger partial charge >= 0.3 is 8.56 Å². The molecule has 2 unspecified atom stereocenters. The molecule has 0 heterocycles. The Labute approximate surface area is 134 Å². The van der Waals surface area contributed by atoms with Gasteiger partial charge in [-0.1, -0.05) is 13.8 Å². The zero-order valence-electron chi connectivity index (χ0n) is 15.2. The summed E-state index contributed by atoms with van der Waals surface area (Å²) in [4.78, 5) is 0. The number of aliphatic hydroxyl groups excluding tert-OH is 2. The molecule has 0 aromatic heterocycles. The Morgan fingerprint density at radius 2 is 1.00 bits per heavy atom. The van der Waals surface area contributed by atoms with Gasteiger partial charge in [0.25, 0.3) is 0 Å². The van der Waals surface area contributed by atoms with Crippen LogP contribution in [-0.4, -0.2) is 48.6 Å². The van der Waals surface area contributed by atoms with Gasteiger partial charge in [0.05, 0.1) is 0 Å². The van der Waals surface area contributed by atoms with Gasteiger partial charge in [-0.15, -0.1) is 0 Å². The maximum atomic E-state index is 9.24. The van der Waals surface area contributed by atoms with Crippen molar-refractivity contribution in [3.8, 4) is 0 Å². The minimum atomic E-state index is -2.17. The van der Waals surface area contributed by atoms with E-state index in [1.165, 1.54) is 0 Å². The van der Waals surface area contributed by atoms with Crippen LogP contribution in [0.5, 0.6) is 0 Å². The van der Waals surface area contributed by atoms with Gasteiger partial charge in [-0.25, -0.2) is 0 Å². The van der Waals surface area contributed by atoms with E-state index in [2.05, 4.69) is 53.1 Å². The van der Waals surface area contributed by atoms with Gasteiger partial charge in [-0.3, -0.25) is 0 Å². The van der Waals surface area contributed by atoms with Crippen LogP contribution in [0.15, 0.2) is 0 Å². The summed E-state index contributed by atoms with van der Waals surface area (Å²) in [7, 11) is -5.82. The second-order valence-corrected chi connectivity index (χ2v) is 20.4. The predicted octanol–water partition coefficient (Wildman–Crippen LogP) is 3.39. The first kappa shape index (κ1) is 21.5. The second kappa shape index (κ2) is 8.37. The van der Waals surface area contributed by atoms with Crippen molar-refractivity contribution in [2.24, 2.45) is 11.8 Å². The van der Waals surface area contributed by atoms with E-state index in [1.807, 2.05) is 0 Å². The largest absolute Gasteiger partial charge is 0.436 e. The molecule has 0 fully saturated rings. The van der Waals surface area contributed by atoms with Crippen molar-refractivity contribution in [2.45, 2.75) is 65.2 Å². The summed E-state index contributed by atoms with van der Waals surface area (Å²) in [5, 5.41) is 18.5. The summed E-state index contributed by atoms with van der Waals surface area (Å²) < 4.78 is 12.9. The number of aliphatic hydroxyl groups is 2. The zero-order chi connectivity index (χ0) is 16.9. The van der Waals surface area contributed by atoms with Crippen LogP contribution < -0.4 is 0 Å². The third-order valence-electron chi connectivity index (χ3n) is 3.35. The van der Waals surface area contributed by atoms with Gasteiger partial charge < -0.3 is 18.4 Å². The van der Waals surface area contributed by atoms with Crippen molar-refractivity contribution in [2.75, 3.05) is 13.2 Å². The number of hydrogen-bond acceptors (Lipinski definition) is 4. The van der Waals surface area contributed by atoms with E-state index in [0.717, 1.165) is 12.1 Å². The van der Waals surface area contributed by atoms with Crippen LogP contribution in [0.4, 0.5) is 0 Å². The molecule has 7 heteroatoms. The van der Waals surface area contributed by atoms with E-state index in [0.29, 0.717) is 0 Å². The Hall–Kier alpha value is 0.491. The van der Waals surface area contributed by atoms with E-state index in [1.54, 1.807) is 0 Å². The van der Waals surface area contributed by atoms with E-state index < -0.39 is 25.2 Å². The normalized spacial score (nSPS) is 16.9. The van der Waals surface area contributed by atoms with Crippen molar-refractivity contribution in [1.82, 2.24) is 0 Å². The lowest BCUT2D eigenvalue weighted by molar-refractivity contribution is 0.241. The third kappa shape index (κ3) is 9.98. The number of rotatable bonds is 10. The van der Waals surface area contributed by atoms with E-state index in [4.69, 9.17) is 8.23 Å². The molecule has 0 aliphatic heterocycles. The van der Waals surface area contributed by atoms with Gasteiger partial charge in [0.15, 0.2) is 16.6 Å². The molecule has 4 nitrogen and oxygen atoms in total. The molecule has 2 N–H and O–H groups in total. The molecular formula is C14H36O4Si3. The average molecular weight is 353 g/mol. The maximum absolute atomic E-state index is 9.24. The molecule has 0 rings (SSSR count). The standard InChI is InChI=1S/C14H36O4Si3/c1-13(9-15)11-19(3,4)17-21(7,8)18-20(5,6)12-14(2)10-16/h13-16H,9-12H2,1-8H3. The zero-order valence-corrected chi connectivity index (χ0v) is 18.2. The topological polar surface area (TPSA) is 58.9 Å². The van der Waals surface area contributed by atoms with Crippen LogP contribution in [-0.2, 0) is 8.23 Å². The SMILES string of the molecule is CC(CO)C[Si](C)(C)O[Si](C)(C)O[Si](C)(C)CC(C)CO. The molecule has 0 saturated carbocycles. The van der Waals surface area contributed by atoms with Gasteiger partial charge in [0.2, 0.25) is 0 Å². The van der Waals surface area contributed by atoms with Gasteiger partial charge in [-0.05, 0) is 63.2 Å². The van der Waals surface area contributed by atoms with Crippen LogP contribution in [0.25, 0.3) is 0 Å². The molecule has 0 radical (unpaired) electrons. The van der Waals surface area contributed by atoms with Crippen molar-refractivity contribution in [3.63, 3.8) is 0 Å². The molecule has 0 aromatic carbocycles. The van der Waals surface area contributed by atoms with Gasteiger partial charge in [0, 0.05) is 13.2 Å². The summed E-state index contributed by atoms with van der Waals surface area (Å²) in [6.45, 7) is 17.7. The molecule has 128 valence electrons. The van der Waals surface area contributed by atoms with E-state index >= 15 is 0 Å². The predicted molar refractivity (Wildman–Crippen MR) is 96.7 cm³/mol. The Morgan fingerprint density at radius 1 is 0.714 bits per heavy atom. The Balaban J connectivity index is 4.67. The highest BCUT2D eigenvalue weighted by Gasteiger charge is 2.40. The minimum Gasteiger partial charge on any atom is -0.436 e. The lowest BCUT2D eigenvalue weighted by atomic mass is 10.2. The van der Waals surface area contributed by atoms with Crippen molar-refractivity contribution >= 4 is 25.2 Å². The summed E-state index contributed by atoms with van der Waals surface area (Å²) in [6, 6.07) is 1.91. The number of hydrogen-bond donors (Lipinski definition) is 2. The van der Waals surface area contributed by atoms with E-state index in [9.17, 15) is 10.2 Å². The smallest absolute Gasteiger partial charge is 0.311 e. The fraction of sp³-hybridized carbons (Fsp3) is 1.00. The van der Waals surface area contributed by atoms with Crippen LogP contribution in [0.1, 0.15) is 13.8 Å². The van der Waals surface area contributed by atoms with Crippen molar-refractivity contribution < 1.29 is 18.4 Å². The van der Waals surface area contributed by atoms with Crippen LogP contribution in [0.3, 0.4) is 0 Å². The molecule has 0 aliphatic carbocycles. The fourth-order valence-corrected chi connectivity index (χ4v) is 18.7. The molecule has 0 aliphatic rings. The molecule has 0 spiro atoms. The second-order valence-electron chi connectivity index (χ2n) is 8.11. The first-order valence-electron chi connectivity index (χ1n) is 7.94. The molecule has 0 amide bonds. The Kier molecular flexibility index (Phi) is 8.57. The first-order valence-corrected chi connectivity index (χ1v) is 17.0. The monoisotopic (exact) mass is 352 g/mol. The molecule has 21 heavy (non-hydrogen) atoms. The highest BCUT2D eigenvalue weighted by molar-refractivity contribution is 6.87.